The van der Waals surface area contributed by atoms with Crippen molar-refractivity contribution in [2.45, 2.75) is 39.2 Å². The Bertz CT molecular complexity index is 91.6. The van der Waals surface area contributed by atoms with E-state index in [2.05, 4.69) is 32.3 Å². The summed E-state index contributed by atoms with van der Waals surface area (Å²) in [6.07, 6.45) is 4.79. The van der Waals surface area contributed by atoms with Gasteiger partial charge in [0.05, 0.1) is 11.8 Å². The van der Waals surface area contributed by atoms with Crippen molar-refractivity contribution in [3.05, 3.63) is 0 Å². The van der Waals surface area contributed by atoms with E-state index in [4.69, 9.17) is 0 Å². The Morgan fingerprint density at radius 1 is 1.36 bits per heavy atom. The smallest absolute Gasteiger partial charge is 0.123 e. The van der Waals surface area contributed by atoms with Crippen LogP contribution in [0, 0.1) is 0 Å². The van der Waals surface area contributed by atoms with E-state index in [1.165, 1.54) is 36.9 Å². The summed E-state index contributed by atoms with van der Waals surface area (Å²) in [6.45, 7) is 7.95. The van der Waals surface area contributed by atoms with Crippen molar-refractivity contribution in [1.82, 2.24) is 5.32 Å². The highest BCUT2D eigenvalue weighted by molar-refractivity contribution is 7.77. The van der Waals surface area contributed by atoms with Crippen molar-refractivity contribution >= 4 is 11.8 Å². The first-order valence-corrected chi connectivity index (χ1v) is 5.95. The van der Waals surface area contributed by atoms with Gasteiger partial charge in [-0.1, -0.05) is 13.3 Å². The van der Waals surface area contributed by atoms with E-state index in [1.807, 2.05) is 0 Å². The van der Waals surface area contributed by atoms with Crippen molar-refractivity contribution in [3.63, 3.8) is 0 Å². The van der Waals surface area contributed by atoms with Gasteiger partial charge >= 0.3 is 0 Å². The first kappa shape index (κ1) is 11.3. The molecule has 0 aromatic carbocycles. The molecule has 0 aromatic heterocycles. The Balaban J connectivity index is 3.38. The predicted octanol–water partition coefficient (Wildman–Crippen LogP) is 1.60. The minimum atomic E-state index is 0.339. The average Bonchev–Trinajstić information content (AvgIpc) is 1.87. The van der Waals surface area contributed by atoms with Gasteiger partial charge in [-0.3, -0.25) is 0 Å². The van der Waals surface area contributed by atoms with Crippen molar-refractivity contribution in [3.8, 4) is 0 Å². The lowest BCUT2D eigenvalue weighted by atomic mass is 10.1. The van der Waals surface area contributed by atoms with Crippen LogP contribution in [0.15, 0.2) is 0 Å². The monoisotopic (exact) mass is 176 g/mol. The summed E-state index contributed by atoms with van der Waals surface area (Å²) in [7, 11) is 0. The van der Waals surface area contributed by atoms with E-state index < -0.39 is 0 Å². The van der Waals surface area contributed by atoms with Crippen LogP contribution < -0.4 is 5.32 Å². The zero-order chi connectivity index (χ0) is 8.74. The molecule has 0 unspecified atom stereocenters. The molecule has 2 heteroatoms. The summed E-state index contributed by atoms with van der Waals surface area (Å²) in [5.41, 5.74) is 0.339. The fraction of sp³-hybridized carbons (Fsp3) is 1.00. The van der Waals surface area contributed by atoms with E-state index in [-0.39, 0.29) is 0 Å². The van der Waals surface area contributed by atoms with E-state index in [0.29, 0.717) is 5.54 Å². The summed E-state index contributed by atoms with van der Waals surface area (Å²) in [6, 6.07) is 0. The van der Waals surface area contributed by atoms with Crippen molar-refractivity contribution in [2.75, 3.05) is 18.6 Å². The standard InChI is InChI=1S/C9H21NS/c1-5-6-7-10-9(2,3)8-11-4/h10H,5-8H2,1-4H3/p+1. The molecule has 0 heterocycles. The summed E-state index contributed by atoms with van der Waals surface area (Å²) in [4.78, 5) is 0. The van der Waals surface area contributed by atoms with E-state index in [1.54, 1.807) is 0 Å². The van der Waals surface area contributed by atoms with Gasteiger partial charge < -0.3 is 5.32 Å². The molecule has 11 heavy (non-hydrogen) atoms. The highest BCUT2D eigenvalue weighted by Gasteiger charge is 2.18. The summed E-state index contributed by atoms with van der Waals surface area (Å²) < 4.78 is 0. The van der Waals surface area contributed by atoms with Crippen LogP contribution in [0.3, 0.4) is 0 Å². The Morgan fingerprint density at radius 2 is 2.00 bits per heavy atom. The summed E-state index contributed by atoms with van der Waals surface area (Å²) >= 11 is 1.48. The third kappa shape index (κ3) is 6.70. The number of hydrogen-bond acceptors (Lipinski definition) is 1. The van der Waals surface area contributed by atoms with Gasteiger partial charge in [-0.05, 0) is 38.6 Å². The molecular formula is C9H22NS+. The molecule has 0 saturated carbocycles. The fourth-order valence-corrected chi connectivity index (χ4v) is 1.96. The molecule has 0 bridgehead atoms. The molecule has 0 aliphatic carbocycles. The predicted molar refractivity (Wildman–Crippen MR) is 56.5 cm³/mol. The first-order valence-electron chi connectivity index (χ1n) is 4.43. The van der Waals surface area contributed by atoms with Gasteiger partial charge in [0, 0.05) is 0 Å². The maximum absolute atomic E-state index is 3.55. The van der Waals surface area contributed by atoms with Gasteiger partial charge in [-0.15, -0.1) is 0 Å². The normalized spacial score (nSPS) is 12.0. The number of rotatable bonds is 6. The molecule has 0 spiro atoms. The Morgan fingerprint density at radius 3 is 2.45 bits per heavy atom. The average molecular weight is 176 g/mol. The molecule has 0 amide bonds. The van der Waals surface area contributed by atoms with Crippen molar-refractivity contribution in [1.29, 1.82) is 0 Å². The molecule has 1 N–H and O–H groups in total. The summed E-state index contributed by atoms with van der Waals surface area (Å²) in [5, 5.41) is 3.55. The van der Waals surface area contributed by atoms with Crippen molar-refractivity contribution in [2.24, 2.45) is 0 Å². The third-order valence-corrected chi connectivity index (χ3v) is 2.79. The molecule has 0 aliphatic heterocycles. The molecule has 1 nitrogen and oxygen atoms in total. The van der Waals surface area contributed by atoms with Crippen LogP contribution >= 0.6 is 0 Å². The number of hydrogen-bond donors (Lipinski definition) is 1. The first-order chi connectivity index (χ1) is 5.12. The summed E-state index contributed by atoms with van der Waals surface area (Å²) in [5.74, 6) is 1.25. The second-order valence-electron chi connectivity index (χ2n) is 3.64. The lowest BCUT2D eigenvalue weighted by molar-refractivity contribution is 0.428. The zero-order valence-corrected chi connectivity index (χ0v) is 9.17. The lowest BCUT2D eigenvalue weighted by Crippen LogP contribution is -2.43. The molecule has 0 atom stereocenters. The molecule has 0 rings (SSSR count). The number of unbranched alkanes of at least 4 members (excludes halogenated alkanes) is 1. The topological polar surface area (TPSA) is 12.0 Å². The highest BCUT2D eigenvalue weighted by atomic mass is 32.2. The fourth-order valence-electron chi connectivity index (χ4n) is 1.05. The van der Waals surface area contributed by atoms with Gasteiger partial charge in [-0.25, -0.2) is 0 Å². The SMILES string of the molecule is CCCCNC(C)(C)C[SH+]C. The van der Waals surface area contributed by atoms with Gasteiger partial charge in [0.15, 0.2) is 0 Å². The Labute approximate surface area is 75.3 Å². The number of thiol groups is 1. The van der Waals surface area contributed by atoms with Gasteiger partial charge in [0.1, 0.15) is 5.75 Å². The molecule has 0 fully saturated rings. The Kier molecular flexibility index (Phi) is 6.06. The second-order valence-corrected chi connectivity index (χ2v) is 4.59. The van der Waals surface area contributed by atoms with E-state index >= 15 is 0 Å². The minimum absolute atomic E-state index is 0.339. The molecular weight excluding hydrogens is 154 g/mol. The molecule has 0 radical (unpaired) electrons. The van der Waals surface area contributed by atoms with E-state index in [0.717, 1.165) is 0 Å². The van der Waals surface area contributed by atoms with Crippen molar-refractivity contribution < 1.29 is 0 Å². The van der Waals surface area contributed by atoms with Crippen LogP contribution in [0.25, 0.3) is 0 Å². The molecule has 0 aromatic rings. The van der Waals surface area contributed by atoms with Gasteiger partial charge in [-0.2, -0.15) is 0 Å². The van der Waals surface area contributed by atoms with Gasteiger partial charge in [0.2, 0.25) is 0 Å². The quantitative estimate of drug-likeness (QED) is 0.368. The highest BCUT2D eigenvalue weighted by Crippen LogP contribution is 2.02. The second kappa shape index (κ2) is 5.90. The third-order valence-electron chi connectivity index (χ3n) is 1.69. The van der Waals surface area contributed by atoms with Crippen LogP contribution in [-0.2, 0) is 11.8 Å². The maximum atomic E-state index is 3.55. The minimum Gasteiger partial charge on any atom is -0.308 e. The van der Waals surface area contributed by atoms with Crippen LogP contribution in [0.4, 0.5) is 0 Å². The number of nitrogens with one attached hydrogen (secondary N) is 1. The van der Waals surface area contributed by atoms with Crippen LogP contribution in [0.5, 0.6) is 0 Å². The van der Waals surface area contributed by atoms with Crippen LogP contribution in [-0.4, -0.2) is 24.1 Å². The molecule has 0 saturated heterocycles. The maximum Gasteiger partial charge on any atom is 0.123 e. The molecule has 68 valence electrons. The van der Waals surface area contributed by atoms with Crippen LogP contribution in [0.2, 0.25) is 0 Å². The Hall–Kier alpha value is 0.310. The largest absolute Gasteiger partial charge is 0.308 e. The zero-order valence-electron chi connectivity index (χ0n) is 8.28. The molecule has 0 aliphatic rings. The van der Waals surface area contributed by atoms with E-state index in [9.17, 15) is 0 Å². The van der Waals surface area contributed by atoms with Crippen LogP contribution in [0.1, 0.15) is 33.6 Å². The van der Waals surface area contributed by atoms with Gasteiger partial charge in [0.25, 0.3) is 0 Å². The lowest BCUT2D eigenvalue weighted by Gasteiger charge is -2.21.